The lowest BCUT2D eigenvalue weighted by molar-refractivity contribution is 0.0636. The number of hydrogen-bond acceptors (Lipinski definition) is 4. The van der Waals surface area contributed by atoms with E-state index in [2.05, 4.69) is 10.0 Å². The summed E-state index contributed by atoms with van der Waals surface area (Å²) < 4.78 is 32.3. The van der Waals surface area contributed by atoms with Crippen LogP contribution in [0.5, 0.6) is 0 Å². The molecule has 0 bridgehead atoms. The number of carbonyl (C=O) groups is 1. The molecule has 0 fully saturated rings. The molecule has 0 atom stereocenters. The minimum absolute atomic E-state index is 0.0112. The minimum Gasteiger partial charge on any atom is -0.444 e. The SMILES string of the molecule is CC(C)(C)OC(=O)Nc1ccc(NS(=O)(=O)c2ccc(Cl)c(Cl)c2)cc1. The smallest absolute Gasteiger partial charge is 0.412 e. The Morgan fingerprint density at radius 3 is 2.08 bits per heavy atom. The van der Waals surface area contributed by atoms with E-state index in [1.807, 2.05) is 0 Å². The van der Waals surface area contributed by atoms with E-state index in [9.17, 15) is 13.2 Å². The van der Waals surface area contributed by atoms with Crippen LogP contribution in [0.2, 0.25) is 10.0 Å². The molecule has 2 rings (SSSR count). The summed E-state index contributed by atoms with van der Waals surface area (Å²) in [6.07, 6.45) is -0.596. The van der Waals surface area contributed by atoms with E-state index in [0.717, 1.165) is 0 Å². The summed E-state index contributed by atoms with van der Waals surface area (Å²) in [5, 5.41) is 2.98. The van der Waals surface area contributed by atoms with Gasteiger partial charge in [-0.3, -0.25) is 10.0 Å². The summed E-state index contributed by atoms with van der Waals surface area (Å²) in [5.41, 5.74) is 0.182. The van der Waals surface area contributed by atoms with Crippen LogP contribution in [-0.4, -0.2) is 20.1 Å². The van der Waals surface area contributed by atoms with Crippen LogP contribution < -0.4 is 10.0 Å². The van der Waals surface area contributed by atoms with Gasteiger partial charge < -0.3 is 4.74 Å². The Bertz CT molecular complexity index is 907. The highest BCUT2D eigenvalue weighted by Crippen LogP contribution is 2.26. The van der Waals surface area contributed by atoms with Crippen LogP contribution in [0.15, 0.2) is 47.4 Å². The van der Waals surface area contributed by atoms with Gasteiger partial charge in [-0.25, -0.2) is 13.2 Å². The predicted molar refractivity (Wildman–Crippen MR) is 104 cm³/mol. The molecule has 0 heterocycles. The van der Waals surface area contributed by atoms with Gasteiger partial charge in [0.2, 0.25) is 0 Å². The normalized spacial score (nSPS) is 11.7. The van der Waals surface area contributed by atoms with Crippen molar-refractivity contribution in [3.63, 3.8) is 0 Å². The highest BCUT2D eigenvalue weighted by Gasteiger charge is 2.17. The van der Waals surface area contributed by atoms with Crippen molar-refractivity contribution in [3.8, 4) is 0 Å². The fraction of sp³-hybridized carbons (Fsp3) is 0.235. The maximum Gasteiger partial charge on any atom is 0.412 e. The lowest BCUT2D eigenvalue weighted by atomic mass is 10.2. The summed E-state index contributed by atoms with van der Waals surface area (Å²) in [6.45, 7) is 5.27. The van der Waals surface area contributed by atoms with E-state index in [0.29, 0.717) is 11.4 Å². The zero-order valence-corrected chi connectivity index (χ0v) is 16.7. The molecular formula is C17H18Cl2N2O4S. The summed E-state index contributed by atoms with van der Waals surface area (Å²) in [6, 6.07) is 10.2. The van der Waals surface area contributed by atoms with E-state index in [1.165, 1.54) is 30.3 Å². The van der Waals surface area contributed by atoms with E-state index in [-0.39, 0.29) is 14.9 Å². The predicted octanol–water partition coefficient (Wildman–Crippen LogP) is 5.14. The average molecular weight is 417 g/mol. The van der Waals surface area contributed by atoms with Gasteiger partial charge in [0.05, 0.1) is 14.9 Å². The van der Waals surface area contributed by atoms with Gasteiger partial charge in [-0.2, -0.15) is 0 Å². The summed E-state index contributed by atoms with van der Waals surface area (Å²) in [4.78, 5) is 11.7. The molecule has 0 spiro atoms. The molecule has 6 nitrogen and oxygen atoms in total. The van der Waals surface area contributed by atoms with Crippen LogP contribution in [0.1, 0.15) is 20.8 Å². The second-order valence-electron chi connectivity index (χ2n) is 6.39. The van der Waals surface area contributed by atoms with E-state index < -0.39 is 21.7 Å². The monoisotopic (exact) mass is 416 g/mol. The van der Waals surface area contributed by atoms with Crippen LogP contribution >= 0.6 is 23.2 Å². The standard InChI is InChI=1S/C17H18Cl2N2O4S/c1-17(2,3)25-16(22)20-11-4-6-12(7-5-11)21-26(23,24)13-8-9-14(18)15(19)10-13/h4-10,21H,1-3H3,(H,20,22). The molecule has 0 aromatic heterocycles. The Hall–Kier alpha value is -1.96. The molecule has 9 heteroatoms. The van der Waals surface area contributed by atoms with Gasteiger partial charge in [-0.15, -0.1) is 0 Å². The Kier molecular flexibility index (Phi) is 6.05. The van der Waals surface area contributed by atoms with Gasteiger partial charge in [0.15, 0.2) is 0 Å². The minimum atomic E-state index is -3.82. The van der Waals surface area contributed by atoms with Crippen LogP contribution in [0.3, 0.4) is 0 Å². The maximum atomic E-state index is 12.4. The van der Waals surface area contributed by atoms with E-state index in [1.54, 1.807) is 32.9 Å². The van der Waals surface area contributed by atoms with Gasteiger partial charge in [-0.05, 0) is 63.2 Å². The number of anilines is 2. The molecule has 26 heavy (non-hydrogen) atoms. The third-order valence-electron chi connectivity index (χ3n) is 2.98. The number of amides is 1. The maximum absolute atomic E-state index is 12.4. The lowest BCUT2D eigenvalue weighted by Crippen LogP contribution is -2.27. The summed E-state index contributed by atoms with van der Waals surface area (Å²) in [7, 11) is -3.82. The number of carbonyl (C=O) groups excluding carboxylic acids is 1. The van der Waals surface area contributed by atoms with E-state index >= 15 is 0 Å². The molecular weight excluding hydrogens is 399 g/mol. The fourth-order valence-electron chi connectivity index (χ4n) is 1.90. The second kappa shape index (κ2) is 7.73. The molecule has 0 radical (unpaired) electrons. The molecule has 0 aliphatic rings. The van der Waals surface area contributed by atoms with Crippen molar-refractivity contribution in [2.45, 2.75) is 31.3 Å². The molecule has 2 N–H and O–H groups in total. The number of sulfonamides is 1. The van der Waals surface area contributed by atoms with Gasteiger partial charge in [0, 0.05) is 11.4 Å². The van der Waals surface area contributed by atoms with E-state index in [4.69, 9.17) is 27.9 Å². The van der Waals surface area contributed by atoms with Crippen LogP contribution in [-0.2, 0) is 14.8 Å². The number of halogens is 2. The second-order valence-corrected chi connectivity index (χ2v) is 8.88. The first kappa shape index (κ1) is 20.4. The molecule has 2 aromatic carbocycles. The van der Waals surface area contributed by atoms with Gasteiger partial charge in [-0.1, -0.05) is 23.2 Å². The molecule has 1 amide bonds. The van der Waals surface area contributed by atoms with Crippen molar-refractivity contribution in [2.24, 2.45) is 0 Å². The molecule has 0 saturated carbocycles. The number of benzene rings is 2. The summed E-state index contributed by atoms with van der Waals surface area (Å²) in [5.74, 6) is 0. The van der Waals surface area contributed by atoms with Crippen molar-refractivity contribution >= 4 is 50.7 Å². The number of rotatable bonds is 4. The Balaban J connectivity index is 2.08. The molecule has 0 unspecified atom stereocenters. The van der Waals surface area contributed by atoms with Crippen LogP contribution in [0.4, 0.5) is 16.2 Å². The third kappa shape index (κ3) is 5.79. The van der Waals surface area contributed by atoms with Crippen molar-refractivity contribution in [3.05, 3.63) is 52.5 Å². The Labute approximate surface area is 162 Å². The van der Waals surface area contributed by atoms with Crippen LogP contribution in [0.25, 0.3) is 0 Å². The number of nitrogens with one attached hydrogen (secondary N) is 2. The lowest BCUT2D eigenvalue weighted by Gasteiger charge is -2.19. The van der Waals surface area contributed by atoms with Crippen molar-refractivity contribution in [1.29, 1.82) is 0 Å². The zero-order valence-electron chi connectivity index (χ0n) is 14.3. The molecule has 140 valence electrons. The molecule has 0 aliphatic heterocycles. The van der Waals surface area contributed by atoms with Crippen molar-refractivity contribution in [1.82, 2.24) is 0 Å². The molecule has 2 aromatic rings. The Morgan fingerprint density at radius 1 is 0.962 bits per heavy atom. The first-order valence-electron chi connectivity index (χ1n) is 7.54. The van der Waals surface area contributed by atoms with Crippen molar-refractivity contribution in [2.75, 3.05) is 10.0 Å². The zero-order chi connectivity index (χ0) is 19.5. The Morgan fingerprint density at radius 2 is 1.54 bits per heavy atom. The van der Waals surface area contributed by atoms with Crippen LogP contribution in [0, 0.1) is 0 Å². The van der Waals surface area contributed by atoms with Crippen molar-refractivity contribution < 1.29 is 17.9 Å². The van der Waals surface area contributed by atoms with Gasteiger partial charge >= 0.3 is 6.09 Å². The quantitative estimate of drug-likeness (QED) is 0.722. The number of ether oxygens (including phenoxy) is 1. The highest BCUT2D eigenvalue weighted by molar-refractivity contribution is 7.92. The average Bonchev–Trinajstić information content (AvgIpc) is 2.49. The number of hydrogen-bond donors (Lipinski definition) is 2. The molecule has 0 saturated heterocycles. The van der Waals surface area contributed by atoms with Gasteiger partial charge in [0.1, 0.15) is 5.60 Å². The fourth-order valence-corrected chi connectivity index (χ4v) is 3.35. The first-order valence-corrected chi connectivity index (χ1v) is 9.78. The largest absolute Gasteiger partial charge is 0.444 e. The third-order valence-corrected chi connectivity index (χ3v) is 5.10. The topological polar surface area (TPSA) is 84.5 Å². The highest BCUT2D eigenvalue weighted by atomic mass is 35.5. The first-order chi connectivity index (χ1) is 12.0. The molecule has 0 aliphatic carbocycles. The van der Waals surface area contributed by atoms with Gasteiger partial charge in [0.25, 0.3) is 10.0 Å². The summed E-state index contributed by atoms with van der Waals surface area (Å²) >= 11 is 11.7.